The Morgan fingerprint density at radius 3 is 2.84 bits per heavy atom. The van der Waals surface area contributed by atoms with Gasteiger partial charge in [0.25, 0.3) is 5.91 Å². The van der Waals surface area contributed by atoms with E-state index in [1.165, 1.54) is 0 Å². The van der Waals surface area contributed by atoms with Gasteiger partial charge < -0.3 is 10.6 Å². The van der Waals surface area contributed by atoms with E-state index in [2.05, 4.69) is 28.7 Å². The van der Waals surface area contributed by atoms with Gasteiger partial charge in [0.05, 0.1) is 12.2 Å². The molecule has 2 heterocycles. The average molecular weight is 363 g/mol. The number of rotatable bonds is 4. The lowest BCUT2D eigenvalue weighted by Crippen LogP contribution is -2.50. The van der Waals surface area contributed by atoms with Gasteiger partial charge in [0.1, 0.15) is 0 Å². The Balaban J connectivity index is 0.00000225. The molecule has 1 aromatic heterocycles. The largest absolute Gasteiger partial charge is 0.348 e. The highest BCUT2D eigenvalue weighted by Gasteiger charge is 2.23. The summed E-state index contributed by atoms with van der Waals surface area (Å²) in [6.07, 6.45) is 1.10. The monoisotopic (exact) mass is 362 g/mol. The molecule has 0 saturated carbocycles. The van der Waals surface area contributed by atoms with E-state index in [1.54, 1.807) is 0 Å². The molecular formula is C19H27ClN4O. The van der Waals surface area contributed by atoms with E-state index in [-0.39, 0.29) is 24.4 Å². The van der Waals surface area contributed by atoms with Gasteiger partial charge in [-0.05, 0) is 56.5 Å². The minimum absolute atomic E-state index is 0. The van der Waals surface area contributed by atoms with E-state index in [0.29, 0.717) is 18.0 Å². The topological polar surface area (TPSA) is 59.0 Å². The fourth-order valence-corrected chi connectivity index (χ4v) is 3.25. The van der Waals surface area contributed by atoms with Gasteiger partial charge in [-0.2, -0.15) is 5.10 Å². The molecule has 0 bridgehead atoms. The van der Waals surface area contributed by atoms with E-state index in [9.17, 15) is 4.79 Å². The van der Waals surface area contributed by atoms with Gasteiger partial charge >= 0.3 is 0 Å². The third-order valence-electron chi connectivity index (χ3n) is 4.77. The molecule has 1 aliphatic rings. The number of nitrogens with zero attached hydrogens (tertiary/aromatic N) is 2. The number of aromatic nitrogens is 2. The molecule has 136 valence electrons. The number of carbonyl (C=O) groups is 1. The van der Waals surface area contributed by atoms with Crippen molar-refractivity contribution in [3.8, 4) is 0 Å². The number of hydrogen-bond acceptors (Lipinski definition) is 3. The number of piperidine rings is 1. The van der Waals surface area contributed by atoms with Crippen LogP contribution < -0.4 is 10.6 Å². The van der Waals surface area contributed by atoms with E-state index < -0.39 is 0 Å². The fourth-order valence-electron chi connectivity index (χ4n) is 3.25. The van der Waals surface area contributed by atoms with Gasteiger partial charge in [0.2, 0.25) is 0 Å². The summed E-state index contributed by atoms with van der Waals surface area (Å²) in [5.74, 6) is 0.513. The molecule has 1 aromatic carbocycles. The predicted octanol–water partition coefficient (Wildman–Crippen LogP) is 2.70. The maximum atomic E-state index is 12.6. The number of hydrogen-bond donors (Lipinski definition) is 2. The Morgan fingerprint density at radius 2 is 2.16 bits per heavy atom. The number of nitrogens with one attached hydrogen (secondary N) is 2. The van der Waals surface area contributed by atoms with Crippen molar-refractivity contribution in [1.29, 1.82) is 0 Å². The Bertz CT molecular complexity index is 728. The van der Waals surface area contributed by atoms with Crippen LogP contribution in [0.2, 0.25) is 0 Å². The zero-order valence-corrected chi connectivity index (χ0v) is 15.9. The Hall–Kier alpha value is -1.85. The Labute approximate surface area is 155 Å². The first-order valence-electron chi connectivity index (χ1n) is 8.64. The van der Waals surface area contributed by atoms with E-state index in [1.807, 2.05) is 42.8 Å². The van der Waals surface area contributed by atoms with Crippen LogP contribution in [0.15, 0.2) is 30.3 Å². The summed E-state index contributed by atoms with van der Waals surface area (Å²) < 4.78 is 1.97. The first-order valence-corrected chi connectivity index (χ1v) is 8.64. The van der Waals surface area contributed by atoms with Crippen molar-refractivity contribution < 1.29 is 4.79 Å². The second-order valence-corrected chi connectivity index (χ2v) is 6.84. The lowest BCUT2D eigenvalue weighted by Gasteiger charge is -2.30. The van der Waals surface area contributed by atoms with Crippen LogP contribution in [0.4, 0.5) is 0 Å². The highest BCUT2D eigenvalue weighted by Crippen LogP contribution is 2.14. The van der Waals surface area contributed by atoms with Gasteiger partial charge in [-0.3, -0.25) is 9.48 Å². The number of benzene rings is 1. The second-order valence-electron chi connectivity index (χ2n) is 6.84. The van der Waals surface area contributed by atoms with Crippen LogP contribution in [-0.4, -0.2) is 34.8 Å². The Kier molecular flexibility index (Phi) is 6.62. The molecule has 3 rings (SSSR count). The van der Waals surface area contributed by atoms with Crippen molar-refractivity contribution in [2.24, 2.45) is 5.92 Å². The number of amides is 1. The smallest absolute Gasteiger partial charge is 0.251 e. The average Bonchev–Trinajstić information content (AvgIpc) is 2.87. The summed E-state index contributed by atoms with van der Waals surface area (Å²) in [6, 6.07) is 10.1. The summed E-state index contributed by atoms with van der Waals surface area (Å²) in [6.45, 7) is 8.80. The minimum Gasteiger partial charge on any atom is -0.348 e. The molecule has 2 N–H and O–H groups in total. The summed E-state index contributed by atoms with van der Waals surface area (Å²) >= 11 is 0. The van der Waals surface area contributed by atoms with Crippen LogP contribution in [-0.2, 0) is 6.54 Å². The predicted molar refractivity (Wildman–Crippen MR) is 102 cm³/mol. The Morgan fingerprint density at radius 1 is 1.36 bits per heavy atom. The summed E-state index contributed by atoms with van der Waals surface area (Å²) in [5.41, 5.74) is 3.94. The van der Waals surface area contributed by atoms with Crippen LogP contribution in [0.5, 0.6) is 0 Å². The summed E-state index contributed by atoms with van der Waals surface area (Å²) in [7, 11) is 0. The molecule has 2 unspecified atom stereocenters. The van der Waals surface area contributed by atoms with Gasteiger partial charge in [-0.25, -0.2) is 0 Å². The van der Waals surface area contributed by atoms with Crippen LogP contribution in [0.1, 0.15) is 40.7 Å². The van der Waals surface area contributed by atoms with Gasteiger partial charge in [-0.1, -0.05) is 19.1 Å². The number of carbonyl (C=O) groups excluding carboxylic acids is 1. The van der Waals surface area contributed by atoms with Crippen molar-refractivity contribution in [2.45, 2.75) is 39.8 Å². The van der Waals surface area contributed by atoms with Crippen molar-refractivity contribution in [2.75, 3.05) is 13.1 Å². The van der Waals surface area contributed by atoms with Crippen LogP contribution >= 0.6 is 12.4 Å². The molecule has 1 amide bonds. The maximum absolute atomic E-state index is 12.6. The minimum atomic E-state index is 0. The van der Waals surface area contributed by atoms with E-state index in [4.69, 9.17) is 0 Å². The third-order valence-corrected chi connectivity index (χ3v) is 4.77. The number of halogens is 1. The molecule has 1 fully saturated rings. The van der Waals surface area contributed by atoms with Crippen molar-refractivity contribution in [3.05, 3.63) is 52.8 Å². The maximum Gasteiger partial charge on any atom is 0.251 e. The molecule has 25 heavy (non-hydrogen) atoms. The molecule has 0 aliphatic carbocycles. The third kappa shape index (κ3) is 4.83. The van der Waals surface area contributed by atoms with Crippen molar-refractivity contribution in [1.82, 2.24) is 20.4 Å². The lowest BCUT2D eigenvalue weighted by molar-refractivity contribution is 0.0915. The van der Waals surface area contributed by atoms with Gasteiger partial charge in [-0.15, -0.1) is 12.4 Å². The van der Waals surface area contributed by atoms with E-state index >= 15 is 0 Å². The molecule has 5 nitrogen and oxygen atoms in total. The first kappa shape index (κ1) is 19.5. The standard InChI is InChI=1S/C19H26N4O.ClH/c1-13-7-8-20-11-18(13)21-19(24)17-6-4-5-16(10-17)12-23-15(3)9-14(2)22-23;/h4-6,9-10,13,18,20H,7-8,11-12H2,1-3H3,(H,21,24);1H. The fraction of sp³-hybridized carbons (Fsp3) is 0.474. The SMILES string of the molecule is Cc1cc(C)n(Cc2cccc(C(=O)NC3CNCCC3C)c2)n1.Cl. The quantitative estimate of drug-likeness (QED) is 0.879. The molecule has 1 saturated heterocycles. The van der Waals surface area contributed by atoms with Crippen LogP contribution in [0.3, 0.4) is 0 Å². The molecule has 2 atom stereocenters. The molecule has 2 aromatic rings. The zero-order chi connectivity index (χ0) is 17.1. The second kappa shape index (κ2) is 8.50. The zero-order valence-electron chi connectivity index (χ0n) is 15.1. The normalized spacial score (nSPS) is 20.0. The van der Waals surface area contributed by atoms with Gasteiger partial charge in [0, 0.05) is 23.8 Å². The van der Waals surface area contributed by atoms with Crippen molar-refractivity contribution >= 4 is 18.3 Å². The molecule has 0 spiro atoms. The summed E-state index contributed by atoms with van der Waals surface area (Å²) in [5, 5.41) is 11.0. The first-order chi connectivity index (χ1) is 11.5. The van der Waals surface area contributed by atoms with Crippen LogP contribution in [0.25, 0.3) is 0 Å². The molecule has 1 aliphatic heterocycles. The molecule has 6 heteroatoms. The lowest BCUT2D eigenvalue weighted by atomic mass is 9.94. The highest BCUT2D eigenvalue weighted by molar-refractivity contribution is 5.94. The highest BCUT2D eigenvalue weighted by atomic mass is 35.5. The number of aryl methyl sites for hydroxylation is 2. The van der Waals surface area contributed by atoms with Gasteiger partial charge in [0.15, 0.2) is 0 Å². The van der Waals surface area contributed by atoms with E-state index in [0.717, 1.165) is 36.5 Å². The molecule has 0 radical (unpaired) electrons. The van der Waals surface area contributed by atoms with Crippen molar-refractivity contribution in [3.63, 3.8) is 0 Å². The molecular weight excluding hydrogens is 336 g/mol. The van der Waals surface area contributed by atoms with Crippen LogP contribution in [0, 0.1) is 19.8 Å². The summed E-state index contributed by atoms with van der Waals surface area (Å²) in [4.78, 5) is 12.6.